The van der Waals surface area contributed by atoms with Gasteiger partial charge >= 0.3 is 0 Å². The van der Waals surface area contributed by atoms with E-state index in [0.29, 0.717) is 25.3 Å². The number of benzene rings is 1. The van der Waals surface area contributed by atoms with Gasteiger partial charge in [-0.05, 0) is 25.3 Å². The summed E-state index contributed by atoms with van der Waals surface area (Å²) in [6.07, 6.45) is 0.161. The summed E-state index contributed by atoms with van der Waals surface area (Å²) in [6, 6.07) is 3.74. The van der Waals surface area contributed by atoms with Crippen LogP contribution in [0.4, 0.5) is 8.78 Å². The highest BCUT2D eigenvalue weighted by atomic mass is 32.1. The van der Waals surface area contributed by atoms with E-state index in [9.17, 15) is 13.6 Å². The lowest BCUT2D eigenvalue weighted by Gasteiger charge is -2.19. The number of hydrogen-bond acceptors (Lipinski definition) is 4. The van der Waals surface area contributed by atoms with Crippen LogP contribution in [0.1, 0.15) is 34.6 Å². The Kier molecular flexibility index (Phi) is 7.53. The second-order valence-electron chi connectivity index (χ2n) is 5.62. The third-order valence-electron chi connectivity index (χ3n) is 4.03. The van der Waals surface area contributed by atoms with Crippen molar-refractivity contribution in [1.29, 1.82) is 0 Å². The van der Waals surface area contributed by atoms with Crippen molar-refractivity contribution in [3.05, 3.63) is 51.2 Å². The fourth-order valence-electron chi connectivity index (χ4n) is 2.62. The lowest BCUT2D eigenvalue weighted by Crippen LogP contribution is -2.30. The Balaban J connectivity index is 2.32. The van der Waals surface area contributed by atoms with Gasteiger partial charge in [0.2, 0.25) is 0 Å². The van der Waals surface area contributed by atoms with Gasteiger partial charge in [-0.15, -0.1) is 11.3 Å². The average molecular weight is 383 g/mol. The molecule has 2 aromatic rings. The number of nitrogens with zero attached hydrogens (tertiary/aromatic N) is 1. The first kappa shape index (κ1) is 20.3. The van der Waals surface area contributed by atoms with Crippen molar-refractivity contribution < 1.29 is 23.0 Å². The van der Waals surface area contributed by atoms with E-state index in [1.165, 1.54) is 18.4 Å². The van der Waals surface area contributed by atoms with Crippen LogP contribution in [-0.2, 0) is 11.2 Å². The summed E-state index contributed by atoms with van der Waals surface area (Å²) in [4.78, 5) is 15.1. The van der Waals surface area contributed by atoms with Gasteiger partial charge in [0.05, 0.1) is 12.2 Å². The molecule has 1 aromatic heterocycles. The monoisotopic (exact) mass is 383 g/mol. The van der Waals surface area contributed by atoms with Crippen molar-refractivity contribution in [1.82, 2.24) is 4.90 Å². The minimum absolute atomic E-state index is 0.0874. The topological polar surface area (TPSA) is 38.8 Å². The largest absolute Gasteiger partial charge is 0.491 e. The SMILES string of the molecule is CCN(CC)C(=O)c1ccsc1Cc1c(F)cc(F)cc1OCCOC. The van der Waals surface area contributed by atoms with Crippen LogP contribution >= 0.6 is 11.3 Å². The van der Waals surface area contributed by atoms with E-state index in [4.69, 9.17) is 9.47 Å². The van der Waals surface area contributed by atoms with Crippen LogP contribution in [0.25, 0.3) is 0 Å². The van der Waals surface area contributed by atoms with Crippen LogP contribution in [0.15, 0.2) is 23.6 Å². The standard InChI is InChI=1S/C19H23F2NO3S/c1-4-22(5-2)19(23)14-6-9-26-18(14)12-15-16(21)10-13(20)11-17(15)25-8-7-24-3/h6,9-11H,4-5,7-8,12H2,1-3H3. The predicted molar refractivity (Wildman–Crippen MR) is 98.1 cm³/mol. The van der Waals surface area contributed by atoms with Crippen molar-refractivity contribution in [3.8, 4) is 5.75 Å². The normalized spacial score (nSPS) is 10.8. The van der Waals surface area contributed by atoms with Gasteiger partial charge in [0.1, 0.15) is 24.0 Å². The van der Waals surface area contributed by atoms with Gasteiger partial charge in [0.15, 0.2) is 0 Å². The Bertz CT molecular complexity index is 744. The second-order valence-corrected chi connectivity index (χ2v) is 6.62. The van der Waals surface area contributed by atoms with Crippen LogP contribution in [-0.4, -0.2) is 44.2 Å². The van der Waals surface area contributed by atoms with Crippen molar-refractivity contribution in [2.24, 2.45) is 0 Å². The molecule has 0 spiro atoms. The Hall–Kier alpha value is -1.99. The van der Waals surface area contributed by atoms with Crippen LogP contribution in [0.2, 0.25) is 0 Å². The molecule has 0 radical (unpaired) electrons. The number of carbonyl (C=O) groups excluding carboxylic acids is 1. The number of rotatable bonds is 9. The first-order chi connectivity index (χ1) is 12.5. The molecule has 26 heavy (non-hydrogen) atoms. The molecule has 0 N–H and O–H groups in total. The minimum atomic E-state index is -0.704. The summed E-state index contributed by atoms with van der Waals surface area (Å²) in [5, 5.41) is 1.80. The van der Waals surface area contributed by atoms with Gasteiger partial charge in [-0.25, -0.2) is 8.78 Å². The number of hydrogen-bond donors (Lipinski definition) is 0. The summed E-state index contributed by atoms with van der Waals surface area (Å²) in [5.41, 5.74) is 0.781. The lowest BCUT2D eigenvalue weighted by atomic mass is 10.1. The molecule has 142 valence electrons. The van der Waals surface area contributed by atoms with Crippen LogP contribution in [0.3, 0.4) is 0 Å². The summed E-state index contributed by atoms with van der Waals surface area (Å²) in [6.45, 7) is 5.51. The van der Waals surface area contributed by atoms with E-state index in [0.717, 1.165) is 17.0 Å². The van der Waals surface area contributed by atoms with Crippen molar-refractivity contribution >= 4 is 17.2 Å². The summed E-state index contributed by atoms with van der Waals surface area (Å²) >= 11 is 1.37. The molecule has 0 aliphatic heterocycles. The molecule has 0 unspecified atom stereocenters. The second kappa shape index (κ2) is 9.64. The van der Waals surface area contributed by atoms with E-state index in [1.54, 1.807) is 16.3 Å². The molecule has 7 heteroatoms. The van der Waals surface area contributed by atoms with Gasteiger partial charge in [-0.1, -0.05) is 0 Å². The molecule has 4 nitrogen and oxygen atoms in total. The maximum atomic E-state index is 14.4. The first-order valence-corrected chi connectivity index (χ1v) is 9.35. The first-order valence-electron chi connectivity index (χ1n) is 8.47. The molecule has 0 fully saturated rings. The highest BCUT2D eigenvalue weighted by molar-refractivity contribution is 7.10. The van der Waals surface area contributed by atoms with Gasteiger partial charge in [0.25, 0.3) is 5.91 Å². The van der Waals surface area contributed by atoms with E-state index >= 15 is 0 Å². The molecule has 0 saturated carbocycles. The maximum Gasteiger partial charge on any atom is 0.254 e. The van der Waals surface area contributed by atoms with Crippen molar-refractivity contribution in [3.63, 3.8) is 0 Å². The van der Waals surface area contributed by atoms with Crippen molar-refractivity contribution in [2.45, 2.75) is 20.3 Å². The molecule has 1 heterocycles. The van der Waals surface area contributed by atoms with Crippen LogP contribution in [0.5, 0.6) is 5.75 Å². The summed E-state index contributed by atoms with van der Waals surface area (Å²) in [7, 11) is 1.52. The van der Waals surface area contributed by atoms with E-state index in [-0.39, 0.29) is 30.2 Å². The Morgan fingerprint density at radius 3 is 2.58 bits per heavy atom. The minimum Gasteiger partial charge on any atom is -0.491 e. The van der Waals surface area contributed by atoms with E-state index in [2.05, 4.69) is 0 Å². The average Bonchev–Trinajstić information content (AvgIpc) is 3.07. The van der Waals surface area contributed by atoms with Crippen LogP contribution < -0.4 is 4.74 Å². The zero-order valence-electron chi connectivity index (χ0n) is 15.2. The molecule has 0 aliphatic carbocycles. The number of halogens is 2. The Morgan fingerprint density at radius 2 is 1.92 bits per heavy atom. The maximum absolute atomic E-state index is 14.4. The molecule has 0 aliphatic rings. The smallest absolute Gasteiger partial charge is 0.254 e. The van der Waals surface area contributed by atoms with Gasteiger partial charge < -0.3 is 14.4 Å². The molecule has 0 atom stereocenters. The van der Waals surface area contributed by atoms with E-state index in [1.807, 2.05) is 13.8 Å². The van der Waals surface area contributed by atoms with Gasteiger partial charge in [0, 0.05) is 49.2 Å². The number of methoxy groups -OCH3 is 1. The fourth-order valence-corrected chi connectivity index (χ4v) is 3.50. The van der Waals surface area contributed by atoms with Gasteiger partial charge in [-0.3, -0.25) is 4.79 Å². The number of thiophene rings is 1. The highest BCUT2D eigenvalue weighted by Crippen LogP contribution is 2.30. The van der Waals surface area contributed by atoms with Gasteiger partial charge in [-0.2, -0.15) is 0 Å². The lowest BCUT2D eigenvalue weighted by molar-refractivity contribution is 0.0772. The highest BCUT2D eigenvalue weighted by Gasteiger charge is 2.21. The molecular formula is C19H23F2NO3S. The molecular weight excluding hydrogens is 360 g/mol. The zero-order chi connectivity index (χ0) is 19.1. The number of amides is 1. The molecule has 1 aromatic carbocycles. The molecule has 1 amide bonds. The third-order valence-corrected chi connectivity index (χ3v) is 4.95. The zero-order valence-corrected chi connectivity index (χ0v) is 16.0. The predicted octanol–water partition coefficient (Wildman–Crippen LogP) is 4.12. The third kappa shape index (κ3) is 4.80. The molecule has 0 saturated heterocycles. The molecule has 2 rings (SSSR count). The summed E-state index contributed by atoms with van der Waals surface area (Å²) < 4.78 is 38.4. The summed E-state index contributed by atoms with van der Waals surface area (Å²) in [5.74, 6) is -1.35. The quantitative estimate of drug-likeness (QED) is 0.612. The van der Waals surface area contributed by atoms with E-state index < -0.39 is 11.6 Å². The van der Waals surface area contributed by atoms with Crippen LogP contribution in [0, 0.1) is 11.6 Å². The number of ether oxygens (including phenoxy) is 2. The fraction of sp³-hybridized carbons (Fsp3) is 0.421. The Labute approximate surface area is 156 Å². The Morgan fingerprint density at radius 1 is 1.19 bits per heavy atom. The number of carbonyl (C=O) groups is 1. The molecule has 0 bridgehead atoms. The van der Waals surface area contributed by atoms with Crippen molar-refractivity contribution in [2.75, 3.05) is 33.4 Å².